The van der Waals surface area contributed by atoms with Gasteiger partial charge in [0, 0.05) is 21.2 Å². The summed E-state index contributed by atoms with van der Waals surface area (Å²) in [5.41, 5.74) is 3.62. The summed E-state index contributed by atoms with van der Waals surface area (Å²) < 4.78 is 5.78. The van der Waals surface area contributed by atoms with Crippen molar-refractivity contribution < 1.29 is 24.5 Å². The number of aromatic nitrogens is 1. The number of ether oxygens (including phenoxy) is 1. The zero-order valence-electron chi connectivity index (χ0n) is 15.1. The van der Waals surface area contributed by atoms with Crippen molar-refractivity contribution in [2.75, 3.05) is 5.73 Å². The van der Waals surface area contributed by atoms with E-state index in [1.165, 1.54) is 18.2 Å². The van der Waals surface area contributed by atoms with Gasteiger partial charge in [-0.25, -0.2) is 9.59 Å². The summed E-state index contributed by atoms with van der Waals surface area (Å²) in [5.74, 6) is -3.53. The molecule has 0 atom stereocenters. The van der Waals surface area contributed by atoms with Gasteiger partial charge in [0.25, 0.3) is 5.56 Å². The highest BCUT2D eigenvalue weighted by Gasteiger charge is 2.28. The Morgan fingerprint density at radius 2 is 1.57 bits per heavy atom. The summed E-state index contributed by atoms with van der Waals surface area (Å²) in [6.45, 7) is 0.0648. The Kier molecular flexibility index (Phi) is 6.00. The van der Waals surface area contributed by atoms with Crippen LogP contribution in [0.25, 0.3) is 11.1 Å². The largest absolute Gasteiger partial charge is 0.488 e. The third kappa shape index (κ3) is 4.24. The molecule has 5 N–H and O–H groups in total. The molecule has 2 aromatic carbocycles. The van der Waals surface area contributed by atoms with Crippen LogP contribution >= 0.6 is 23.2 Å². The molecule has 0 saturated carbocycles. The topological polar surface area (TPSA) is 143 Å². The summed E-state index contributed by atoms with van der Waals surface area (Å²) >= 11 is 11.9. The molecule has 8 nitrogen and oxygen atoms in total. The van der Waals surface area contributed by atoms with Gasteiger partial charge in [-0.05, 0) is 35.9 Å². The molecule has 0 amide bonds. The number of nitrogens with two attached hydrogens (primary N) is 1. The summed E-state index contributed by atoms with van der Waals surface area (Å²) in [4.78, 5) is 37.9. The number of anilines is 1. The molecule has 1 aromatic heterocycles. The molecule has 10 heteroatoms. The Labute approximate surface area is 179 Å². The van der Waals surface area contributed by atoms with Crippen LogP contribution in [0.4, 0.5) is 5.82 Å². The van der Waals surface area contributed by atoms with Crippen LogP contribution in [0.3, 0.4) is 0 Å². The molecule has 3 aromatic rings. The van der Waals surface area contributed by atoms with E-state index in [9.17, 15) is 24.6 Å². The number of nitrogens with one attached hydrogen (secondary N) is 1. The van der Waals surface area contributed by atoms with Crippen LogP contribution in [0, 0.1) is 0 Å². The van der Waals surface area contributed by atoms with Crippen molar-refractivity contribution in [3.8, 4) is 16.9 Å². The Balaban J connectivity index is 2.21. The van der Waals surface area contributed by atoms with Crippen molar-refractivity contribution >= 4 is 41.0 Å². The van der Waals surface area contributed by atoms with Crippen molar-refractivity contribution in [1.29, 1.82) is 0 Å². The van der Waals surface area contributed by atoms with Crippen LogP contribution in [0.1, 0.15) is 26.3 Å². The minimum absolute atomic E-state index is 0.00376. The van der Waals surface area contributed by atoms with E-state index in [1.54, 1.807) is 24.3 Å². The van der Waals surface area contributed by atoms with Crippen LogP contribution in [0.2, 0.25) is 10.0 Å². The first kappa shape index (κ1) is 21.2. The number of halogens is 2. The number of carbonyl (C=O) groups is 2. The van der Waals surface area contributed by atoms with Crippen LogP contribution in [-0.4, -0.2) is 27.1 Å². The average Bonchev–Trinajstić information content (AvgIpc) is 2.66. The SMILES string of the molecule is Nc1[nH]c(=O)c(C(=O)O)c(-c2cc(Cl)ccc2OCc2ccc(Cl)cc2)c1C(=O)O. The van der Waals surface area contributed by atoms with E-state index in [2.05, 4.69) is 4.98 Å². The number of rotatable bonds is 6. The molecule has 154 valence electrons. The number of pyridine rings is 1. The maximum absolute atomic E-state index is 12.3. The van der Waals surface area contributed by atoms with Crippen molar-refractivity contribution in [3.63, 3.8) is 0 Å². The standard InChI is InChI=1S/C20H14Cl2N2O6/c21-10-3-1-9(2-4-10)8-30-13-6-5-11(22)7-12(13)14-15(19(26)27)17(23)24-18(25)16(14)20(28)29/h1-7H,8H2,(H,26,27)(H,28,29)(H3,23,24,25). The predicted octanol–water partition coefficient (Wildman–Crippen LogP) is 3.91. The number of hydrogen-bond acceptors (Lipinski definition) is 5. The lowest BCUT2D eigenvalue weighted by Crippen LogP contribution is -2.24. The monoisotopic (exact) mass is 448 g/mol. The molecule has 0 aliphatic heterocycles. The van der Waals surface area contributed by atoms with E-state index in [1.807, 2.05) is 0 Å². The first-order chi connectivity index (χ1) is 14.2. The zero-order valence-corrected chi connectivity index (χ0v) is 16.6. The fraction of sp³-hybridized carbons (Fsp3) is 0.0500. The summed E-state index contributed by atoms with van der Waals surface area (Å²) in [6.07, 6.45) is 0. The molecule has 0 fully saturated rings. The molecule has 0 aliphatic rings. The number of H-pyrrole nitrogens is 1. The normalized spacial score (nSPS) is 10.6. The minimum atomic E-state index is -1.63. The number of carboxylic acid groups (broad SMARTS) is 2. The molecule has 0 spiro atoms. The summed E-state index contributed by atoms with van der Waals surface area (Å²) in [6, 6.07) is 11.0. The summed E-state index contributed by atoms with van der Waals surface area (Å²) in [5, 5.41) is 19.9. The third-order valence-electron chi connectivity index (χ3n) is 4.19. The van der Waals surface area contributed by atoms with Gasteiger partial charge in [0.2, 0.25) is 0 Å². The fourth-order valence-corrected chi connectivity index (χ4v) is 3.18. The van der Waals surface area contributed by atoms with E-state index in [4.69, 9.17) is 33.7 Å². The highest BCUT2D eigenvalue weighted by atomic mass is 35.5. The maximum Gasteiger partial charge on any atom is 0.342 e. The first-order valence-electron chi connectivity index (χ1n) is 8.38. The molecule has 0 aliphatic carbocycles. The molecule has 0 unspecified atom stereocenters. The number of benzene rings is 2. The van der Waals surface area contributed by atoms with Gasteiger partial charge in [0.1, 0.15) is 29.3 Å². The number of carboxylic acids is 2. The van der Waals surface area contributed by atoms with E-state index in [0.717, 1.165) is 5.56 Å². The number of nitrogen functional groups attached to an aromatic ring is 1. The van der Waals surface area contributed by atoms with Crippen molar-refractivity contribution in [2.24, 2.45) is 0 Å². The van der Waals surface area contributed by atoms with Gasteiger partial charge in [-0.15, -0.1) is 0 Å². The third-order valence-corrected chi connectivity index (χ3v) is 4.68. The molecule has 0 saturated heterocycles. The summed E-state index contributed by atoms with van der Waals surface area (Å²) in [7, 11) is 0. The van der Waals surface area contributed by atoms with E-state index >= 15 is 0 Å². The van der Waals surface area contributed by atoms with E-state index in [0.29, 0.717) is 5.02 Å². The fourth-order valence-electron chi connectivity index (χ4n) is 2.88. The molecule has 0 bridgehead atoms. The van der Waals surface area contributed by atoms with Crippen LogP contribution in [0.15, 0.2) is 47.3 Å². The lowest BCUT2D eigenvalue weighted by molar-refractivity contribution is 0.0695. The van der Waals surface area contributed by atoms with Gasteiger partial charge in [0.05, 0.1) is 0 Å². The van der Waals surface area contributed by atoms with Crippen LogP contribution in [0.5, 0.6) is 5.75 Å². The van der Waals surface area contributed by atoms with Gasteiger partial charge < -0.3 is 25.7 Å². The number of aromatic carboxylic acids is 2. The highest BCUT2D eigenvalue weighted by molar-refractivity contribution is 6.31. The molecule has 30 heavy (non-hydrogen) atoms. The van der Waals surface area contributed by atoms with Crippen molar-refractivity contribution in [2.45, 2.75) is 6.61 Å². The smallest absolute Gasteiger partial charge is 0.342 e. The van der Waals surface area contributed by atoms with Crippen LogP contribution in [-0.2, 0) is 6.61 Å². The number of aromatic amines is 1. The van der Waals surface area contributed by atoms with Gasteiger partial charge in [-0.3, -0.25) is 4.79 Å². The van der Waals surface area contributed by atoms with E-state index < -0.39 is 40.0 Å². The van der Waals surface area contributed by atoms with Gasteiger partial charge in [0.15, 0.2) is 0 Å². The van der Waals surface area contributed by atoms with E-state index in [-0.39, 0.29) is 22.9 Å². The van der Waals surface area contributed by atoms with Crippen LogP contribution < -0.4 is 16.0 Å². The lowest BCUT2D eigenvalue weighted by atomic mass is 9.94. The molecular weight excluding hydrogens is 435 g/mol. The Morgan fingerprint density at radius 3 is 2.17 bits per heavy atom. The molecule has 1 heterocycles. The van der Waals surface area contributed by atoms with Gasteiger partial charge in [-0.2, -0.15) is 0 Å². The predicted molar refractivity (Wildman–Crippen MR) is 112 cm³/mol. The Bertz CT molecular complexity index is 1210. The zero-order chi connectivity index (χ0) is 22.0. The van der Waals surface area contributed by atoms with Gasteiger partial charge >= 0.3 is 11.9 Å². The lowest BCUT2D eigenvalue weighted by Gasteiger charge is -2.16. The van der Waals surface area contributed by atoms with Crippen molar-refractivity contribution in [1.82, 2.24) is 4.98 Å². The average molecular weight is 449 g/mol. The Morgan fingerprint density at radius 1 is 0.967 bits per heavy atom. The second-order valence-corrected chi connectivity index (χ2v) is 7.03. The molecule has 0 radical (unpaired) electrons. The quantitative estimate of drug-likeness (QED) is 0.447. The van der Waals surface area contributed by atoms with Gasteiger partial charge in [-0.1, -0.05) is 35.3 Å². The second kappa shape index (κ2) is 8.48. The highest BCUT2D eigenvalue weighted by Crippen LogP contribution is 2.38. The Hall–Kier alpha value is -3.49. The minimum Gasteiger partial charge on any atom is -0.488 e. The second-order valence-electron chi connectivity index (χ2n) is 6.16. The first-order valence-corrected chi connectivity index (χ1v) is 9.14. The molecular formula is C20H14Cl2N2O6. The number of hydrogen-bond donors (Lipinski definition) is 4. The molecule has 3 rings (SSSR count). The van der Waals surface area contributed by atoms with Crippen molar-refractivity contribution in [3.05, 3.63) is 79.6 Å². The maximum atomic E-state index is 12.3.